The van der Waals surface area contributed by atoms with Crippen LogP contribution in [0.2, 0.25) is 0 Å². The molecule has 10 heteroatoms. The van der Waals surface area contributed by atoms with Crippen LogP contribution >= 0.6 is 0 Å². The number of hydrogen-bond acceptors (Lipinski definition) is 6. The first-order valence-corrected chi connectivity index (χ1v) is 12.2. The number of rotatable bonds is 9. The maximum atomic E-state index is 12.8. The zero-order chi connectivity index (χ0) is 24.0. The molecule has 1 saturated heterocycles. The van der Waals surface area contributed by atoms with E-state index in [4.69, 9.17) is 4.74 Å². The van der Waals surface area contributed by atoms with Gasteiger partial charge in [-0.05, 0) is 47.9 Å². The molecule has 178 valence electrons. The molecule has 1 fully saturated rings. The van der Waals surface area contributed by atoms with Crippen LogP contribution in [0.4, 0.5) is 5.69 Å². The Morgan fingerprint density at radius 3 is 2.36 bits per heavy atom. The molecule has 1 heterocycles. The van der Waals surface area contributed by atoms with E-state index in [0.29, 0.717) is 18.8 Å². The van der Waals surface area contributed by atoms with E-state index in [-0.39, 0.29) is 23.3 Å². The van der Waals surface area contributed by atoms with Crippen molar-refractivity contribution in [2.45, 2.75) is 31.3 Å². The van der Waals surface area contributed by atoms with Crippen molar-refractivity contribution in [1.29, 1.82) is 0 Å². The number of benzene rings is 2. The number of nitrogens with zero attached hydrogens (tertiary/aromatic N) is 1. The summed E-state index contributed by atoms with van der Waals surface area (Å²) in [5, 5.41) is 5.61. The molecular weight excluding hydrogens is 444 g/mol. The van der Waals surface area contributed by atoms with Crippen molar-refractivity contribution in [3.63, 3.8) is 0 Å². The van der Waals surface area contributed by atoms with Gasteiger partial charge in [0, 0.05) is 25.3 Å². The molecule has 0 unspecified atom stereocenters. The summed E-state index contributed by atoms with van der Waals surface area (Å²) in [7, 11) is -2.38. The summed E-state index contributed by atoms with van der Waals surface area (Å²) in [4.78, 5) is 26.4. The molecule has 3 rings (SSSR count). The largest absolute Gasteiger partial charge is 0.497 e. The quantitative estimate of drug-likeness (QED) is 0.504. The Hall–Kier alpha value is -3.11. The minimum Gasteiger partial charge on any atom is -0.497 e. The molecule has 0 aromatic heterocycles. The molecule has 0 saturated carbocycles. The molecule has 2 amide bonds. The number of sulfonamides is 1. The Labute approximate surface area is 194 Å². The third-order valence-electron chi connectivity index (χ3n) is 5.41. The molecule has 0 spiro atoms. The summed E-state index contributed by atoms with van der Waals surface area (Å²) in [6, 6.07) is 12.6. The van der Waals surface area contributed by atoms with Gasteiger partial charge in [0.25, 0.3) is 0 Å². The predicted octanol–water partition coefficient (Wildman–Crippen LogP) is 1.25. The summed E-state index contributed by atoms with van der Waals surface area (Å²) in [6.45, 7) is 5.49. The summed E-state index contributed by atoms with van der Waals surface area (Å²) < 4.78 is 33.1. The molecule has 1 atom stereocenters. The van der Waals surface area contributed by atoms with E-state index in [1.54, 1.807) is 26.0 Å². The van der Waals surface area contributed by atoms with E-state index in [1.165, 1.54) is 19.2 Å². The van der Waals surface area contributed by atoms with Crippen molar-refractivity contribution in [2.24, 2.45) is 5.92 Å². The number of piperazine rings is 1. The van der Waals surface area contributed by atoms with Crippen molar-refractivity contribution < 1.29 is 22.7 Å². The maximum Gasteiger partial charge on any atom is 0.241 e. The first-order valence-electron chi connectivity index (χ1n) is 10.7. The van der Waals surface area contributed by atoms with Crippen molar-refractivity contribution in [2.75, 3.05) is 31.6 Å². The lowest BCUT2D eigenvalue weighted by molar-refractivity contribution is -0.124. The summed E-state index contributed by atoms with van der Waals surface area (Å²) >= 11 is 0. The van der Waals surface area contributed by atoms with Crippen LogP contribution < -0.4 is 25.0 Å². The lowest BCUT2D eigenvalue weighted by Crippen LogP contribution is -2.49. The minimum atomic E-state index is -3.88. The van der Waals surface area contributed by atoms with E-state index in [0.717, 1.165) is 17.8 Å². The Balaban J connectivity index is 1.61. The Morgan fingerprint density at radius 2 is 1.79 bits per heavy atom. The Morgan fingerprint density at radius 1 is 1.12 bits per heavy atom. The molecular formula is C23H30N4O5S. The van der Waals surface area contributed by atoms with Gasteiger partial charge in [-0.1, -0.05) is 26.0 Å². The first kappa shape index (κ1) is 24.5. The fourth-order valence-corrected chi connectivity index (χ4v) is 4.81. The summed E-state index contributed by atoms with van der Waals surface area (Å²) in [5.41, 5.74) is 1.81. The minimum absolute atomic E-state index is 0.00518. The number of ether oxygens (including phenoxy) is 1. The average Bonchev–Trinajstić information content (AvgIpc) is 2.81. The number of carbonyl (C=O) groups excluding carboxylic acids is 2. The Bertz CT molecular complexity index is 1070. The molecule has 1 aliphatic heterocycles. The van der Waals surface area contributed by atoms with Gasteiger partial charge in [0.15, 0.2) is 0 Å². The number of anilines is 1. The molecule has 2 aromatic carbocycles. The average molecular weight is 475 g/mol. The van der Waals surface area contributed by atoms with Crippen molar-refractivity contribution in [1.82, 2.24) is 15.4 Å². The van der Waals surface area contributed by atoms with E-state index in [2.05, 4.69) is 15.4 Å². The van der Waals surface area contributed by atoms with Crippen molar-refractivity contribution in [3.05, 3.63) is 54.1 Å². The summed E-state index contributed by atoms with van der Waals surface area (Å²) in [5.74, 6) is -0.124. The number of hydrogen-bond donors (Lipinski definition) is 3. The van der Waals surface area contributed by atoms with Crippen molar-refractivity contribution in [3.8, 4) is 5.75 Å². The van der Waals surface area contributed by atoms with E-state index in [1.807, 2.05) is 29.2 Å². The molecule has 33 heavy (non-hydrogen) atoms. The molecule has 0 aliphatic carbocycles. The standard InChI is InChI=1S/C23H30N4O5S/c1-16(2)22(26-33(30,31)20-10-8-19(32-3)9-11-20)23(29)25-14-17-4-6-18(7-5-17)27-13-12-24-21(28)15-27/h4-11,16,22,26H,12-15H2,1-3H3,(H,24,28)(H,25,29)/t22-/m0/s1. The van der Waals surface area contributed by atoms with Gasteiger partial charge >= 0.3 is 0 Å². The van der Waals surface area contributed by atoms with Gasteiger partial charge in [0.2, 0.25) is 21.8 Å². The highest BCUT2D eigenvalue weighted by Gasteiger charge is 2.28. The lowest BCUT2D eigenvalue weighted by Gasteiger charge is -2.28. The lowest BCUT2D eigenvalue weighted by atomic mass is 10.0. The van der Waals surface area contributed by atoms with Crippen LogP contribution in [0.15, 0.2) is 53.4 Å². The van der Waals surface area contributed by atoms with Gasteiger partial charge in [0.1, 0.15) is 11.8 Å². The van der Waals surface area contributed by atoms with Crippen LogP contribution in [0.1, 0.15) is 19.4 Å². The highest BCUT2D eigenvalue weighted by atomic mass is 32.2. The van der Waals surface area contributed by atoms with Crippen LogP contribution in [0.5, 0.6) is 5.75 Å². The van der Waals surface area contributed by atoms with Crippen LogP contribution in [-0.2, 0) is 26.2 Å². The molecule has 0 bridgehead atoms. The second-order valence-corrected chi connectivity index (χ2v) is 9.89. The second kappa shape index (κ2) is 10.7. The molecule has 0 radical (unpaired) electrons. The monoisotopic (exact) mass is 474 g/mol. The van der Waals surface area contributed by atoms with Gasteiger partial charge in [-0.2, -0.15) is 4.72 Å². The van der Waals surface area contributed by atoms with Gasteiger partial charge in [-0.3, -0.25) is 9.59 Å². The van der Waals surface area contributed by atoms with Gasteiger partial charge in [0.05, 0.1) is 18.6 Å². The number of amides is 2. The van der Waals surface area contributed by atoms with Crippen LogP contribution in [0.25, 0.3) is 0 Å². The molecule has 3 N–H and O–H groups in total. The van der Waals surface area contributed by atoms with Gasteiger partial charge in [-0.15, -0.1) is 0 Å². The van der Waals surface area contributed by atoms with E-state index in [9.17, 15) is 18.0 Å². The number of methoxy groups -OCH3 is 1. The molecule has 2 aromatic rings. The smallest absolute Gasteiger partial charge is 0.241 e. The number of nitrogens with one attached hydrogen (secondary N) is 3. The molecule has 1 aliphatic rings. The molecule has 9 nitrogen and oxygen atoms in total. The van der Waals surface area contributed by atoms with Crippen LogP contribution in [0, 0.1) is 5.92 Å². The third kappa shape index (κ3) is 6.45. The predicted molar refractivity (Wildman–Crippen MR) is 125 cm³/mol. The fraction of sp³-hybridized carbons (Fsp3) is 0.391. The van der Waals surface area contributed by atoms with Gasteiger partial charge in [-0.25, -0.2) is 8.42 Å². The fourth-order valence-electron chi connectivity index (χ4n) is 3.47. The summed E-state index contributed by atoms with van der Waals surface area (Å²) in [6.07, 6.45) is 0. The van der Waals surface area contributed by atoms with E-state index < -0.39 is 22.0 Å². The zero-order valence-electron chi connectivity index (χ0n) is 19.0. The van der Waals surface area contributed by atoms with Crippen LogP contribution in [0.3, 0.4) is 0 Å². The number of carbonyl (C=O) groups is 2. The highest BCUT2D eigenvalue weighted by Crippen LogP contribution is 2.18. The van der Waals surface area contributed by atoms with Crippen LogP contribution in [-0.4, -0.2) is 53.0 Å². The maximum absolute atomic E-state index is 12.8. The third-order valence-corrected chi connectivity index (χ3v) is 6.86. The normalized spacial score (nSPS) is 15.2. The van der Waals surface area contributed by atoms with Gasteiger partial charge < -0.3 is 20.3 Å². The highest BCUT2D eigenvalue weighted by molar-refractivity contribution is 7.89. The van der Waals surface area contributed by atoms with Crippen molar-refractivity contribution >= 4 is 27.5 Å². The second-order valence-electron chi connectivity index (χ2n) is 8.17. The van der Waals surface area contributed by atoms with E-state index >= 15 is 0 Å². The zero-order valence-corrected chi connectivity index (χ0v) is 19.8. The SMILES string of the molecule is COc1ccc(S(=O)(=O)N[C@H](C(=O)NCc2ccc(N3CCNC(=O)C3)cc2)C(C)C)cc1. The topological polar surface area (TPSA) is 117 Å². The Kier molecular flexibility index (Phi) is 7.93. The first-order chi connectivity index (χ1) is 15.7.